The molecular formula is C16H21NO7S. The second kappa shape index (κ2) is 7.61. The second-order valence-corrected chi connectivity index (χ2v) is 7.51. The van der Waals surface area contributed by atoms with Crippen molar-refractivity contribution in [3.63, 3.8) is 0 Å². The summed E-state index contributed by atoms with van der Waals surface area (Å²) in [5, 5.41) is 13.1. The van der Waals surface area contributed by atoms with Crippen LogP contribution in [0.5, 0.6) is 0 Å². The number of benzene rings is 1. The van der Waals surface area contributed by atoms with Crippen LogP contribution >= 0.6 is 0 Å². The number of carbonyl (C=O) groups is 2. The van der Waals surface area contributed by atoms with Crippen molar-refractivity contribution < 1.29 is 32.0 Å². The fourth-order valence-corrected chi connectivity index (χ4v) is 3.55. The summed E-state index contributed by atoms with van der Waals surface area (Å²) in [6.45, 7) is 2.99. The van der Waals surface area contributed by atoms with Crippen molar-refractivity contribution in [2.45, 2.75) is 49.3 Å². The van der Waals surface area contributed by atoms with E-state index in [1.807, 2.05) is 0 Å². The highest BCUT2D eigenvalue weighted by Crippen LogP contribution is 2.27. The lowest BCUT2D eigenvalue weighted by molar-refractivity contribution is -0.166. The van der Waals surface area contributed by atoms with Crippen molar-refractivity contribution >= 4 is 22.1 Å². The first-order valence-electron chi connectivity index (χ1n) is 7.87. The lowest BCUT2D eigenvalue weighted by atomic mass is 9.96. The number of carbonyl (C=O) groups excluding carboxylic acids is 2. The largest absolute Gasteiger partial charge is 0.392 e. The van der Waals surface area contributed by atoms with Crippen molar-refractivity contribution in [3.05, 3.63) is 30.3 Å². The van der Waals surface area contributed by atoms with Crippen molar-refractivity contribution in [1.82, 2.24) is 5.32 Å². The van der Waals surface area contributed by atoms with Crippen LogP contribution in [0.4, 0.5) is 0 Å². The van der Waals surface area contributed by atoms with Gasteiger partial charge < -0.3 is 9.84 Å². The predicted octanol–water partition coefficient (Wildman–Crippen LogP) is 0.353. The van der Waals surface area contributed by atoms with Gasteiger partial charge in [0.1, 0.15) is 17.7 Å². The lowest BCUT2D eigenvalue weighted by Gasteiger charge is -2.26. The molecule has 0 bridgehead atoms. The average Bonchev–Trinajstić information content (AvgIpc) is 2.85. The number of hydrogen-bond acceptors (Lipinski definition) is 8. The Morgan fingerprint density at radius 1 is 1.32 bits per heavy atom. The zero-order valence-corrected chi connectivity index (χ0v) is 14.8. The fourth-order valence-electron chi connectivity index (χ4n) is 2.45. The van der Waals surface area contributed by atoms with Crippen molar-refractivity contribution in [2.24, 2.45) is 0 Å². The van der Waals surface area contributed by atoms with Gasteiger partial charge in [0.2, 0.25) is 0 Å². The number of aliphatic hydroxyl groups is 1. The fraction of sp³-hybridized carbons (Fsp3) is 0.500. The molecule has 0 radical (unpaired) electrons. The highest BCUT2D eigenvalue weighted by molar-refractivity contribution is 7.86. The summed E-state index contributed by atoms with van der Waals surface area (Å²) in [7, 11) is -4.10. The molecule has 0 amide bonds. The van der Waals surface area contributed by atoms with Gasteiger partial charge in [0.25, 0.3) is 10.1 Å². The first-order chi connectivity index (χ1) is 11.7. The van der Waals surface area contributed by atoms with Gasteiger partial charge in [-0.25, -0.2) is 4.79 Å². The molecule has 138 valence electrons. The van der Waals surface area contributed by atoms with Gasteiger partial charge in [0, 0.05) is 13.0 Å². The van der Waals surface area contributed by atoms with Crippen LogP contribution in [-0.2, 0) is 28.6 Å². The van der Waals surface area contributed by atoms with Crippen molar-refractivity contribution in [2.75, 3.05) is 6.54 Å². The summed E-state index contributed by atoms with van der Waals surface area (Å²) in [5.41, 5.74) is -1.64. The maximum atomic E-state index is 12.2. The molecule has 0 aromatic heterocycles. The standard InChI is InChI=1S/C16H21NO7S/c1-3-7-13(18)23-15(20)16(2)14(19)12(10-17-16)24-25(21,22)11-8-5-4-6-9-11/h4-6,8-9,12,14,17,19H,3,7,10H2,1-2H3/t12?,14?,16-/m0/s1. The minimum Gasteiger partial charge on any atom is -0.392 e. The SMILES string of the molecule is CCCC(=O)OC(=O)[C@@]1(C)NCC(OS(=O)(=O)c2ccccc2)C1O. The van der Waals surface area contributed by atoms with Gasteiger partial charge in [0.05, 0.1) is 4.90 Å². The monoisotopic (exact) mass is 371 g/mol. The van der Waals surface area contributed by atoms with Crippen LogP contribution in [0.2, 0.25) is 0 Å². The molecule has 9 heteroatoms. The normalized spacial score (nSPS) is 26.4. The molecule has 2 N–H and O–H groups in total. The van der Waals surface area contributed by atoms with E-state index < -0.39 is 39.8 Å². The molecule has 3 atom stereocenters. The van der Waals surface area contributed by atoms with E-state index in [1.165, 1.54) is 19.1 Å². The Kier molecular flexibility index (Phi) is 5.94. The third-order valence-electron chi connectivity index (χ3n) is 3.98. The van der Waals surface area contributed by atoms with Gasteiger partial charge >= 0.3 is 11.9 Å². The maximum absolute atomic E-state index is 12.2. The summed E-state index contributed by atoms with van der Waals surface area (Å²) in [4.78, 5) is 23.6. The van der Waals surface area contributed by atoms with Crippen LogP contribution in [0.15, 0.2) is 35.2 Å². The van der Waals surface area contributed by atoms with Gasteiger partial charge in [-0.15, -0.1) is 0 Å². The molecule has 0 aliphatic carbocycles. The number of aliphatic hydroxyl groups excluding tert-OH is 1. The first kappa shape index (κ1) is 19.5. The van der Waals surface area contributed by atoms with E-state index in [-0.39, 0.29) is 17.9 Å². The minimum absolute atomic E-state index is 0.0588. The molecule has 1 aliphatic heterocycles. The number of rotatable bonds is 6. The Morgan fingerprint density at radius 3 is 2.56 bits per heavy atom. The quantitative estimate of drug-likeness (QED) is 0.418. The molecule has 1 heterocycles. The third kappa shape index (κ3) is 4.24. The average molecular weight is 371 g/mol. The molecular weight excluding hydrogens is 350 g/mol. The molecule has 1 saturated heterocycles. The van der Waals surface area contributed by atoms with Gasteiger partial charge in [0.15, 0.2) is 0 Å². The van der Waals surface area contributed by atoms with Gasteiger partial charge in [-0.05, 0) is 25.5 Å². The second-order valence-electron chi connectivity index (χ2n) is 5.94. The summed E-state index contributed by atoms with van der Waals surface area (Å²) in [6.07, 6.45) is -2.11. The summed E-state index contributed by atoms with van der Waals surface area (Å²) in [6, 6.07) is 7.47. The van der Waals surface area contributed by atoms with Gasteiger partial charge in [-0.3, -0.25) is 14.3 Å². The summed E-state index contributed by atoms with van der Waals surface area (Å²) >= 11 is 0. The first-order valence-corrected chi connectivity index (χ1v) is 9.28. The van der Waals surface area contributed by atoms with Crippen LogP contribution in [0, 0.1) is 0 Å². The molecule has 1 aromatic carbocycles. The van der Waals surface area contributed by atoms with E-state index in [9.17, 15) is 23.1 Å². The Balaban J connectivity index is 2.09. The molecule has 2 rings (SSSR count). The van der Waals surface area contributed by atoms with Crippen LogP contribution in [0.1, 0.15) is 26.7 Å². The smallest absolute Gasteiger partial charge is 0.336 e. The van der Waals surface area contributed by atoms with E-state index in [4.69, 9.17) is 8.92 Å². The van der Waals surface area contributed by atoms with E-state index in [1.54, 1.807) is 25.1 Å². The molecule has 2 unspecified atom stereocenters. The van der Waals surface area contributed by atoms with Crippen LogP contribution in [0.3, 0.4) is 0 Å². The predicted molar refractivity (Wildman–Crippen MR) is 86.9 cm³/mol. The molecule has 1 aliphatic rings. The topological polar surface area (TPSA) is 119 Å². The number of nitrogens with one attached hydrogen (secondary N) is 1. The minimum atomic E-state index is -4.10. The molecule has 8 nitrogen and oxygen atoms in total. The lowest BCUT2D eigenvalue weighted by Crippen LogP contribution is -2.54. The zero-order valence-electron chi connectivity index (χ0n) is 14.0. The van der Waals surface area contributed by atoms with E-state index in [0.717, 1.165) is 0 Å². The number of esters is 2. The molecule has 1 fully saturated rings. The van der Waals surface area contributed by atoms with Crippen molar-refractivity contribution in [3.8, 4) is 0 Å². The number of hydrogen-bond donors (Lipinski definition) is 2. The van der Waals surface area contributed by atoms with Crippen LogP contribution in [-0.4, -0.2) is 49.8 Å². The van der Waals surface area contributed by atoms with Crippen molar-refractivity contribution in [1.29, 1.82) is 0 Å². The van der Waals surface area contributed by atoms with E-state index in [2.05, 4.69) is 5.32 Å². The molecule has 0 spiro atoms. The highest BCUT2D eigenvalue weighted by Gasteiger charge is 2.53. The highest BCUT2D eigenvalue weighted by atomic mass is 32.2. The summed E-state index contributed by atoms with van der Waals surface area (Å²) < 4.78 is 34.3. The molecule has 0 saturated carbocycles. The molecule has 1 aromatic rings. The maximum Gasteiger partial charge on any atom is 0.336 e. The van der Waals surface area contributed by atoms with E-state index >= 15 is 0 Å². The van der Waals surface area contributed by atoms with Gasteiger partial charge in [-0.2, -0.15) is 8.42 Å². The van der Waals surface area contributed by atoms with Gasteiger partial charge in [-0.1, -0.05) is 25.1 Å². The van der Waals surface area contributed by atoms with Crippen LogP contribution in [0.25, 0.3) is 0 Å². The zero-order chi connectivity index (χ0) is 18.7. The Labute approximate surface area is 146 Å². The third-order valence-corrected chi connectivity index (χ3v) is 5.33. The van der Waals surface area contributed by atoms with E-state index in [0.29, 0.717) is 6.42 Å². The Hall–Kier alpha value is -1.81. The van der Waals surface area contributed by atoms with Crippen LogP contribution < -0.4 is 5.32 Å². The Morgan fingerprint density at radius 2 is 1.96 bits per heavy atom. The summed E-state index contributed by atoms with van der Waals surface area (Å²) in [5.74, 6) is -1.68. The Bertz CT molecular complexity index is 734. The number of ether oxygens (including phenoxy) is 1. The molecule has 25 heavy (non-hydrogen) atoms.